The van der Waals surface area contributed by atoms with Gasteiger partial charge in [0.15, 0.2) is 16.6 Å². The summed E-state index contributed by atoms with van der Waals surface area (Å²) in [6.45, 7) is 22.8. The molecule has 1 unspecified atom stereocenters. The van der Waals surface area contributed by atoms with Crippen molar-refractivity contribution in [1.82, 2.24) is 0 Å². The first-order valence-corrected chi connectivity index (χ1v) is 15.6. The van der Waals surface area contributed by atoms with E-state index in [2.05, 4.69) is 45.9 Å². The second kappa shape index (κ2) is 5.72. The highest BCUT2D eigenvalue weighted by atomic mass is 28.4. The second-order valence-electron chi connectivity index (χ2n) is 7.15. The van der Waals surface area contributed by atoms with Gasteiger partial charge in [-0.05, 0) is 59.7 Å². The summed E-state index contributed by atoms with van der Waals surface area (Å²) in [6, 6.07) is 0. The van der Waals surface area contributed by atoms with Crippen molar-refractivity contribution in [3.63, 3.8) is 0 Å². The Labute approximate surface area is 116 Å². The molecule has 0 aromatic heterocycles. The minimum Gasteiger partial charge on any atom is -0.433 e. The lowest BCUT2D eigenvalue weighted by Gasteiger charge is -2.40. The maximum absolute atomic E-state index is 6.20. The molecule has 6 heteroatoms. The highest BCUT2D eigenvalue weighted by Gasteiger charge is 2.40. The fraction of sp³-hybridized carbons (Fsp3) is 0.833. The quantitative estimate of drug-likeness (QED) is 0.520. The maximum atomic E-state index is 6.20. The summed E-state index contributed by atoms with van der Waals surface area (Å²) in [5.74, 6) is -0.612. The summed E-state index contributed by atoms with van der Waals surface area (Å²) >= 11 is 0. The van der Waals surface area contributed by atoms with Gasteiger partial charge in [0.1, 0.15) is 5.79 Å². The molecule has 0 saturated heterocycles. The van der Waals surface area contributed by atoms with Crippen LogP contribution in [0.2, 0.25) is 45.8 Å². The van der Waals surface area contributed by atoms with Crippen LogP contribution in [0.1, 0.15) is 13.8 Å². The molecule has 0 aromatic carbocycles. The Morgan fingerprint density at radius 1 is 0.833 bits per heavy atom. The monoisotopic (exact) mass is 306 g/mol. The van der Waals surface area contributed by atoms with E-state index in [0.717, 1.165) is 0 Å². The Morgan fingerprint density at radius 3 is 1.56 bits per heavy atom. The zero-order chi connectivity index (χ0) is 14.8. The fourth-order valence-electron chi connectivity index (χ4n) is 1.96. The Bertz CT molecular complexity index is 292. The van der Waals surface area contributed by atoms with Gasteiger partial charge in [-0.3, -0.25) is 0 Å². The SMILES string of the molecule is C=C[Si](C)(OC(C)(C)O[Si](C)(C)C)O[Si](C)(C)C. The molecule has 0 saturated carbocycles. The van der Waals surface area contributed by atoms with Gasteiger partial charge in [-0.25, -0.2) is 0 Å². The smallest absolute Gasteiger partial charge is 0.353 e. The van der Waals surface area contributed by atoms with Gasteiger partial charge in [-0.15, -0.1) is 6.58 Å². The van der Waals surface area contributed by atoms with Crippen LogP contribution in [0.15, 0.2) is 12.3 Å². The van der Waals surface area contributed by atoms with Gasteiger partial charge in [0, 0.05) is 0 Å². The van der Waals surface area contributed by atoms with Crippen LogP contribution in [0, 0.1) is 0 Å². The molecule has 0 spiro atoms. The van der Waals surface area contributed by atoms with Gasteiger partial charge in [-0.1, -0.05) is 5.70 Å². The Morgan fingerprint density at radius 2 is 1.28 bits per heavy atom. The molecule has 0 fully saturated rings. The molecule has 0 aliphatic rings. The highest BCUT2D eigenvalue weighted by molar-refractivity contribution is 6.84. The number of hydrogen-bond donors (Lipinski definition) is 0. The summed E-state index contributed by atoms with van der Waals surface area (Å²) in [5, 5.41) is 0. The van der Waals surface area contributed by atoms with Crippen LogP contribution in [0.25, 0.3) is 0 Å². The van der Waals surface area contributed by atoms with Gasteiger partial charge in [-0.2, -0.15) is 0 Å². The topological polar surface area (TPSA) is 27.7 Å². The number of hydrogen-bond acceptors (Lipinski definition) is 3. The van der Waals surface area contributed by atoms with Crippen molar-refractivity contribution >= 4 is 25.2 Å². The van der Waals surface area contributed by atoms with Crippen molar-refractivity contribution in [2.24, 2.45) is 0 Å². The average molecular weight is 307 g/mol. The molecular formula is C12H30O3Si3. The van der Waals surface area contributed by atoms with Gasteiger partial charge in [0.05, 0.1) is 0 Å². The molecule has 0 aliphatic heterocycles. The lowest BCUT2D eigenvalue weighted by Crippen LogP contribution is -2.53. The van der Waals surface area contributed by atoms with Crippen LogP contribution >= 0.6 is 0 Å². The van der Waals surface area contributed by atoms with E-state index in [-0.39, 0.29) is 0 Å². The third kappa shape index (κ3) is 8.39. The van der Waals surface area contributed by atoms with Gasteiger partial charge in [0.2, 0.25) is 0 Å². The molecule has 0 radical (unpaired) electrons. The predicted octanol–water partition coefficient (Wildman–Crippen LogP) is 4.24. The van der Waals surface area contributed by atoms with E-state index >= 15 is 0 Å². The summed E-state index contributed by atoms with van der Waals surface area (Å²) in [4.78, 5) is 0. The zero-order valence-corrected chi connectivity index (χ0v) is 16.5. The Balaban J connectivity index is 4.85. The van der Waals surface area contributed by atoms with Gasteiger partial charge >= 0.3 is 8.56 Å². The number of rotatable bonds is 7. The standard InChI is InChI=1S/C12H30O3Si3/c1-11-18(10,15-17(7,8)9)14-12(2,3)13-16(4,5)6/h11H,1H2,2-10H3. The second-order valence-corrected chi connectivity index (χ2v) is 19.3. The minimum absolute atomic E-state index is 0.612. The highest BCUT2D eigenvalue weighted by Crippen LogP contribution is 2.26. The molecule has 0 aromatic rings. The van der Waals surface area contributed by atoms with E-state index in [0.29, 0.717) is 0 Å². The molecule has 0 N–H and O–H groups in total. The van der Waals surface area contributed by atoms with Crippen molar-refractivity contribution in [2.45, 2.75) is 65.5 Å². The molecular weight excluding hydrogens is 276 g/mol. The van der Waals surface area contributed by atoms with E-state index in [1.807, 2.05) is 26.1 Å². The van der Waals surface area contributed by atoms with Crippen LogP contribution in [0.3, 0.4) is 0 Å². The van der Waals surface area contributed by atoms with Crippen LogP contribution in [-0.2, 0) is 13.0 Å². The summed E-state index contributed by atoms with van der Waals surface area (Å²) in [6.07, 6.45) is 0. The van der Waals surface area contributed by atoms with E-state index in [1.54, 1.807) is 0 Å². The first-order chi connectivity index (χ1) is 7.68. The molecule has 3 nitrogen and oxygen atoms in total. The van der Waals surface area contributed by atoms with E-state index in [1.165, 1.54) is 0 Å². The first kappa shape index (κ1) is 18.3. The maximum Gasteiger partial charge on any atom is 0.353 e. The molecule has 18 heavy (non-hydrogen) atoms. The molecule has 0 rings (SSSR count). The largest absolute Gasteiger partial charge is 0.433 e. The summed E-state index contributed by atoms with van der Waals surface area (Å²) in [7, 11) is -5.67. The van der Waals surface area contributed by atoms with Crippen LogP contribution in [0.5, 0.6) is 0 Å². The van der Waals surface area contributed by atoms with Crippen LogP contribution in [-0.4, -0.2) is 31.0 Å². The van der Waals surface area contributed by atoms with Crippen LogP contribution < -0.4 is 0 Å². The molecule has 1 atom stereocenters. The zero-order valence-electron chi connectivity index (χ0n) is 13.5. The molecule has 0 aliphatic carbocycles. The third-order valence-electron chi connectivity index (χ3n) is 1.88. The first-order valence-electron chi connectivity index (χ1n) is 6.42. The molecule has 0 bridgehead atoms. The molecule has 0 amide bonds. The summed E-state index contributed by atoms with van der Waals surface area (Å²) in [5.41, 5.74) is 1.85. The van der Waals surface area contributed by atoms with Gasteiger partial charge < -0.3 is 13.0 Å². The predicted molar refractivity (Wildman–Crippen MR) is 85.8 cm³/mol. The Kier molecular flexibility index (Phi) is 5.81. The summed E-state index contributed by atoms with van der Waals surface area (Å²) < 4.78 is 18.4. The van der Waals surface area contributed by atoms with Crippen molar-refractivity contribution in [3.8, 4) is 0 Å². The normalized spacial score (nSPS) is 17.4. The lowest BCUT2D eigenvalue weighted by molar-refractivity contribution is -0.103. The van der Waals surface area contributed by atoms with Crippen molar-refractivity contribution in [2.75, 3.05) is 0 Å². The Hall–Kier alpha value is 0.271. The van der Waals surface area contributed by atoms with E-state index in [9.17, 15) is 0 Å². The van der Waals surface area contributed by atoms with Crippen LogP contribution in [0.4, 0.5) is 0 Å². The fourth-order valence-corrected chi connectivity index (χ4v) is 10.0. The van der Waals surface area contributed by atoms with Crippen molar-refractivity contribution in [1.29, 1.82) is 0 Å². The van der Waals surface area contributed by atoms with E-state index < -0.39 is 31.0 Å². The average Bonchev–Trinajstić information content (AvgIpc) is 1.93. The lowest BCUT2D eigenvalue weighted by atomic mass is 10.4. The van der Waals surface area contributed by atoms with Gasteiger partial charge in [0.25, 0.3) is 0 Å². The minimum atomic E-state index is -2.37. The molecule has 108 valence electrons. The third-order valence-corrected chi connectivity index (χ3v) is 8.69. The van der Waals surface area contributed by atoms with E-state index in [4.69, 9.17) is 13.0 Å². The van der Waals surface area contributed by atoms with Crippen molar-refractivity contribution in [3.05, 3.63) is 12.3 Å². The molecule has 0 heterocycles. The van der Waals surface area contributed by atoms with Crippen molar-refractivity contribution < 1.29 is 13.0 Å².